The molecular formula is C4H6AgO2. The van der Waals surface area contributed by atoms with Crippen molar-refractivity contribution in [2.45, 2.75) is 6.92 Å². The fourth-order valence-corrected chi connectivity index (χ4v) is 0.143. The summed E-state index contributed by atoms with van der Waals surface area (Å²) in [6.45, 7) is 1.66. The Hall–Kier alpha value is -0.0497. The van der Waals surface area contributed by atoms with Crippen LogP contribution in [0.15, 0.2) is 12.2 Å². The zero-order valence-electron chi connectivity index (χ0n) is 3.81. The molecule has 0 bridgehead atoms. The van der Waals surface area contributed by atoms with Crippen molar-refractivity contribution in [1.82, 2.24) is 0 Å². The summed E-state index contributed by atoms with van der Waals surface area (Å²) in [5.74, 6) is -0.891. The number of allylic oxidation sites excluding steroid dienone is 1. The van der Waals surface area contributed by atoms with E-state index in [4.69, 9.17) is 5.11 Å². The molecule has 0 aromatic heterocycles. The number of carboxylic acid groups (broad SMARTS) is 1. The third-order valence-electron chi connectivity index (χ3n) is 0.309. The van der Waals surface area contributed by atoms with Gasteiger partial charge in [0.05, 0.1) is 0 Å². The van der Waals surface area contributed by atoms with E-state index < -0.39 is 5.97 Å². The summed E-state index contributed by atoms with van der Waals surface area (Å²) in [5, 5.41) is 7.83. The monoisotopic (exact) mass is 193 g/mol. The molecule has 0 aromatic rings. The maximum Gasteiger partial charge on any atom is 0.327 e. The molecule has 0 saturated heterocycles. The minimum Gasteiger partial charge on any atom is -0.478 e. The Bertz CT molecular complexity index is 77.8. The number of hydrogen-bond acceptors (Lipinski definition) is 1. The summed E-state index contributed by atoms with van der Waals surface area (Å²) in [6.07, 6.45) is 2.56. The van der Waals surface area contributed by atoms with Gasteiger partial charge in [-0.2, -0.15) is 0 Å². The number of carboxylic acids is 1. The Labute approximate surface area is 57.7 Å². The Balaban J connectivity index is 0. The van der Waals surface area contributed by atoms with Crippen LogP contribution in [0.1, 0.15) is 6.92 Å². The van der Waals surface area contributed by atoms with E-state index in [9.17, 15) is 4.79 Å². The average molecular weight is 194 g/mol. The first-order chi connectivity index (χ1) is 2.77. The second-order valence-electron chi connectivity index (χ2n) is 0.838. The van der Waals surface area contributed by atoms with Gasteiger partial charge in [-0.15, -0.1) is 0 Å². The topological polar surface area (TPSA) is 37.3 Å². The Morgan fingerprint density at radius 3 is 2.14 bits per heavy atom. The largest absolute Gasteiger partial charge is 0.478 e. The first-order valence-corrected chi connectivity index (χ1v) is 1.63. The molecule has 7 heavy (non-hydrogen) atoms. The first-order valence-electron chi connectivity index (χ1n) is 1.63. The minimum absolute atomic E-state index is 0. The Morgan fingerprint density at radius 2 is 2.14 bits per heavy atom. The van der Waals surface area contributed by atoms with Gasteiger partial charge in [-0.3, -0.25) is 0 Å². The summed E-state index contributed by atoms with van der Waals surface area (Å²) >= 11 is 0. The molecule has 0 fully saturated rings. The second kappa shape index (κ2) is 5.95. The van der Waals surface area contributed by atoms with Gasteiger partial charge in [0.1, 0.15) is 0 Å². The standard InChI is InChI=1S/C4H6O2.Ag/c1-2-3-4(5)6;/h2-3H,1H3,(H,5,6);. The van der Waals surface area contributed by atoms with Gasteiger partial charge >= 0.3 is 5.97 Å². The van der Waals surface area contributed by atoms with Gasteiger partial charge in [0.2, 0.25) is 0 Å². The molecule has 0 aliphatic rings. The smallest absolute Gasteiger partial charge is 0.327 e. The summed E-state index contributed by atoms with van der Waals surface area (Å²) < 4.78 is 0. The maximum absolute atomic E-state index is 9.51. The SMILES string of the molecule is CC=CC(=O)O.[Ag]. The molecule has 0 heterocycles. The van der Waals surface area contributed by atoms with Gasteiger partial charge in [-0.05, 0) is 6.92 Å². The molecule has 0 unspecified atom stereocenters. The van der Waals surface area contributed by atoms with Crippen LogP contribution in [-0.4, -0.2) is 11.1 Å². The van der Waals surface area contributed by atoms with E-state index >= 15 is 0 Å². The van der Waals surface area contributed by atoms with Crippen LogP contribution in [0.2, 0.25) is 0 Å². The van der Waals surface area contributed by atoms with Crippen LogP contribution >= 0.6 is 0 Å². The number of rotatable bonds is 1. The zero-order valence-corrected chi connectivity index (χ0v) is 5.29. The number of aliphatic carboxylic acids is 1. The molecular weight excluding hydrogens is 188 g/mol. The predicted molar refractivity (Wildman–Crippen MR) is 22.4 cm³/mol. The Kier molecular flexibility index (Phi) is 8.54. The van der Waals surface area contributed by atoms with E-state index in [0.717, 1.165) is 6.08 Å². The maximum atomic E-state index is 9.51. The van der Waals surface area contributed by atoms with Gasteiger partial charge in [0.25, 0.3) is 0 Å². The zero-order chi connectivity index (χ0) is 4.99. The van der Waals surface area contributed by atoms with Gasteiger partial charge in [0.15, 0.2) is 0 Å². The molecule has 0 aliphatic heterocycles. The molecule has 0 aliphatic carbocycles. The quantitative estimate of drug-likeness (QED) is 0.491. The van der Waals surface area contributed by atoms with Crippen molar-refractivity contribution >= 4 is 5.97 Å². The van der Waals surface area contributed by atoms with Gasteiger partial charge in [-0.25, -0.2) is 4.79 Å². The molecule has 3 heteroatoms. The van der Waals surface area contributed by atoms with Crippen molar-refractivity contribution < 1.29 is 32.3 Å². The fraction of sp³-hybridized carbons (Fsp3) is 0.250. The average Bonchev–Trinajstić information content (AvgIpc) is 1.35. The van der Waals surface area contributed by atoms with Crippen LogP contribution in [0, 0.1) is 0 Å². The summed E-state index contributed by atoms with van der Waals surface area (Å²) in [7, 11) is 0. The summed E-state index contributed by atoms with van der Waals surface area (Å²) in [4.78, 5) is 9.51. The molecule has 1 N–H and O–H groups in total. The van der Waals surface area contributed by atoms with Crippen LogP contribution in [0.5, 0.6) is 0 Å². The third-order valence-corrected chi connectivity index (χ3v) is 0.309. The van der Waals surface area contributed by atoms with E-state index in [0.29, 0.717) is 0 Å². The van der Waals surface area contributed by atoms with Crippen LogP contribution in [0.4, 0.5) is 0 Å². The van der Waals surface area contributed by atoms with Crippen molar-refractivity contribution in [3.8, 4) is 0 Å². The van der Waals surface area contributed by atoms with E-state index in [-0.39, 0.29) is 22.4 Å². The Morgan fingerprint density at radius 1 is 1.71 bits per heavy atom. The number of hydrogen-bond donors (Lipinski definition) is 1. The van der Waals surface area contributed by atoms with Crippen molar-refractivity contribution in [3.63, 3.8) is 0 Å². The van der Waals surface area contributed by atoms with Crippen LogP contribution in [0.3, 0.4) is 0 Å². The van der Waals surface area contributed by atoms with Gasteiger partial charge < -0.3 is 5.11 Å². The van der Waals surface area contributed by atoms with E-state index in [1.165, 1.54) is 6.08 Å². The molecule has 0 spiro atoms. The normalized spacial score (nSPS) is 8.14. The summed E-state index contributed by atoms with van der Waals surface area (Å²) in [6, 6.07) is 0. The molecule has 0 atom stereocenters. The summed E-state index contributed by atoms with van der Waals surface area (Å²) in [5.41, 5.74) is 0. The first kappa shape index (κ1) is 10.0. The molecule has 2 nitrogen and oxygen atoms in total. The van der Waals surface area contributed by atoms with E-state index in [2.05, 4.69) is 0 Å². The van der Waals surface area contributed by atoms with Crippen LogP contribution in [-0.2, 0) is 27.2 Å². The predicted octanol–water partition coefficient (Wildman–Crippen LogP) is 0.645. The molecule has 1 radical (unpaired) electrons. The van der Waals surface area contributed by atoms with E-state index in [1.807, 2.05) is 0 Å². The minimum atomic E-state index is -0.891. The second-order valence-corrected chi connectivity index (χ2v) is 0.838. The third kappa shape index (κ3) is 10.7. The van der Waals surface area contributed by atoms with E-state index in [1.54, 1.807) is 6.92 Å². The van der Waals surface area contributed by atoms with Crippen molar-refractivity contribution in [1.29, 1.82) is 0 Å². The molecule has 0 saturated carbocycles. The molecule has 0 amide bonds. The van der Waals surface area contributed by atoms with Crippen LogP contribution in [0.25, 0.3) is 0 Å². The van der Waals surface area contributed by atoms with Crippen molar-refractivity contribution in [2.75, 3.05) is 0 Å². The fourth-order valence-electron chi connectivity index (χ4n) is 0.143. The van der Waals surface area contributed by atoms with Crippen molar-refractivity contribution in [2.24, 2.45) is 0 Å². The van der Waals surface area contributed by atoms with Gasteiger partial charge in [-0.1, -0.05) is 6.08 Å². The molecule has 0 aromatic carbocycles. The molecule has 0 rings (SSSR count). The van der Waals surface area contributed by atoms with Crippen molar-refractivity contribution in [3.05, 3.63) is 12.2 Å². The van der Waals surface area contributed by atoms with Crippen LogP contribution < -0.4 is 0 Å². The number of carbonyl (C=O) groups is 1. The van der Waals surface area contributed by atoms with Gasteiger partial charge in [0, 0.05) is 28.5 Å². The molecule has 45 valence electrons.